The predicted octanol–water partition coefficient (Wildman–Crippen LogP) is 5.74. The second-order valence-corrected chi connectivity index (χ2v) is 8.21. The molecular weight excluding hydrogens is 367 g/mol. The molecule has 0 bridgehead atoms. The van der Waals surface area contributed by atoms with Crippen LogP contribution in [0.3, 0.4) is 0 Å². The van der Waals surface area contributed by atoms with Crippen molar-refractivity contribution in [2.45, 2.75) is 12.5 Å². The zero-order valence-electron chi connectivity index (χ0n) is 14.2. The Morgan fingerprint density at radius 2 is 2.12 bits per heavy atom. The van der Waals surface area contributed by atoms with Crippen molar-refractivity contribution >= 4 is 22.9 Å². The number of nitrogens with zero attached hydrogens (tertiary/aromatic N) is 2. The third-order valence-corrected chi connectivity index (χ3v) is 6.00. The fraction of sp³-hybridized carbons (Fsp3) is 0.190. The summed E-state index contributed by atoms with van der Waals surface area (Å²) in [7, 11) is 0. The molecule has 0 amide bonds. The number of benzene rings is 1. The number of hydrogen-bond acceptors (Lipinski definition) is 3. The lowest BCUT2D eigenvalue weighted by Gasteiger charge is -2.33. The molecule has 0 saturated carbocycles. The first kappa shape index (κ1) is 17.4. The number of hydrogen-bond donors (Lipinski definition) is 0. The van der Waals surface area contributed by atoms with Crippen LogP contribution in [0.25, 0.3) is 11.1 Å². The molecular formula is C21H18ClFN2S. The summed E-state index contributed by atoms with van der Waals surface area (Å²) in [6.45, 7) is 6.47. The Labute approximate surface area is 161 Å². The molecule has 1 aliphatic heterocycles. The number of thiophene rings is 1. The standard InChI is InChI=1S/C21H18ClFN2S/c1-2-7-25-12-19(18-9-21(22)26-20(18)13-25)17-6-4-3-5-16(17)14-8-15(23)11-24-10-14/h2-6,8-11,19H,1,7,12-13H2. The van der Waals surface area contributed by atoms with E-state index in [9.17, 15) is 4.39 Å². The molecule has 0 aliphatic carbocycles. The van der Waals surface area contributed by atoms with E-state index in [0.717, 1.165) is 35.1 Å². The fourth-order valence-electron chi connectivity index (χ4n) is 3.66. The third-order valence-electron chi connectivity index (χ3n) is 4.73. The molecule has 1 unspecified atom stereocenters. The van der Waals surface area contributed by atoms with Gasteiger partial charge in [-0.05, 0) is 28.8 Å². The smallest absolute Gasteiger partial charge is 0.142 e. The Hall–Kier alpha value is -2.01. The lowest BCUT2D eigenvalue weighted by atomic mass is 9.84. The zero-order chi connectivity index (χ0) is 18.1. The Kier molecular flexibility index (Phi) is 4.90. The van der Waals surface area contributed by atoms with Crippen molar-refractivity contribution in [2.75, 3.05) is 13.1 Å². The van der Waals surface area contributed by atoms with Crippen molar-refractivity contribution in [1.29, 1.82) is 0 Å². The van der Waals surface area contributed by atoms with Crippen molar-refractivity contribution in [3.8, 4) is 11.1 Å². The minimum atomic E-state index is -0.325. The van der Waals surface area contributed by atoms with Gasteiger partial charge < -0.3 is 0 Å². The van der Waals surface area contributed by atoms with Gasteiger partial charge in [-0.2, -0.15) is 0 Å². The number of pyridine rings is 1. The fourth-order valence-corrected chi connectivity index (χ4v) is 5.05. The maximum absolute atomic E-state index is 13.7. The molecule has 1 atom stereocenters. The Morgan fingerprint density at radius 1 is 1.27 bits per heavy atom. The summed E-state index contributed by atoms with van der Waals surface area (Å²) in [6, 6.07) is 11.8. The molecule has 0 fully saturated rings. The van der Waals surface area contributed by atoms with Crippen molar-refractivity contribution in [3.05, 3.63) is 87.6 Å². The second kappa shape index (κ2) is 7.31. The first-order valence-electron chi connectivity index (χ1n) is 8.47. The molecule has 3 heterocycles. The van der Waals surface area contributed by atoms with E-state index in [1.165, 1.54) is 28.3 Å². The van der Waals surface area contributed by atoms with Gasteiger partial charge in [0.25, 0.3) is 0 Å². The molecule has 1 aliphatic rings. The molecule has 1 aromatic carbocycles. The maximum atomic E-state index is 13.7. The summed E-state index contributed by atoms with van der Waals surface area (Å²) < 4.78 is 14.5. The van der Waals surface area contributed by atoms with E-state index in [1.54, 1.807) is 17.5 Å². The summed E-state index contributed by atoms with van der Waals surface area (Å²) in [4.78, 5) is 7.68. The molecule has 132 valence electrons. The van der Waals surface area contributed by atoms with Gasteiger partial charge in [-0.3, -0.25) is 9.88 Å². The number of rotatable bonds is 4. The summed E-state index contributed by atoms with van der Waals surface area (Å²) in [5.74, 6) is -0.143. The van der Waals surface area contributed by atoms with Crippen LogP contribution in [0.1, 0.15) is 21.9 Å². The van der Waals surface area contributed by atoms with Gasteiger partial charge in [-0.1, -0.05) is 41.9 Å². The normalized spacial score (nSPS) is 17.1. The van der Waals surface area contributed by atoms with Crippen molar-refractivity contribution in [3.63, 3.8) is 0 Å². The van der Waals surface area contributed by atoms with Crippen molar-refractivity contribution < 1.29 is 4.39 Å². The summed E-state index contributed by atoms with van der Waals surface area (Å²) in [5.41, 5.74) is 4.25. The maximum Gasteiger partial charge on any atom is 0.142 e. The van der Waals surface area contributed by atoms with E-state index in [1.807, 2.05) is 24.3 Å². The largest absolute Gasteiger partial charge is 0.294 e. The summed E-state index contributed by atoms with van der Waals surface area (Å²) in [5, 5.41) is 0. The average Bonchev–Trinajstić information content (AvgIpc) is 3.01. The van der Waals surface area contributed by atoms with E-state index in [0.29, 0.717) is 0 Å². The number of aromatic nitrogens is 1. The van der Waals surface area contributed by atoms with Crippen LogP contribution in [0.2, 0.25) is 4.34 Å². The lowest BCUT2D eigenvalue weighted by molar-refractivity contribution is 0.270. The molecule has 0 radical (unpaired) electrons. The Morgan fingerprint density at radius 3 is 2.92 bits per heavy atom. The second-order valence-electron chi connectivity index (χ2n) is 6.44. The highest BCUT2D eigenvalue weighted by atomic mass is 35.5. The molecule has 0 saturated heterocycles. The van der Waals surface area contributed by atoms with Crippen LogP contribution in [-0.4, -0.2) is 23.0 Å². The van der Waals surface area contributed by atoms with Crippen molar-refractivity contribution in [1.82, 2.24) is 9.88 Å². The third kappa shape index (κ3) is 3.32. The van der Waals surface area contributed by atoms with Gasteiger partial charge in [0.2, 0.25) is 0 Å². The quantitative estimate of drug-likeness (QED) is 0.533. The molecule has 2 nitrogen and oxygen atoms in total. The van der Waals surface area contributed by atoms with Crippen LogP contribution in [-0.2, 0) is 6.54 Å². The molecule has 2 aromatic heterocycles. The summed E-state index contributed by atoms with van der Waals surface area (Å²) >= 11 is 7.97. The van der Waals surface area contributed by atoms with Crippen LogP contribution in [0.5, 0.6) is 0 Å². The van der Waals surface area contributed by atoms with Gasteiger partial charge in [-0.15, -0.1) is 17.9 Å². The topological polar surface area (TPSA) is 16.1 Å². The zero-order valence-corrected chi connectivity index (χ0v) is 15.7. The van der Waals surface area contributed by atoms with Gasteiger partial charge in [0.1, 0.15) is 5.82 Å². The van der Waals surface area contributed by atoms with E-state index in [4.69, 9.17) is 11.6 Å². The van der Waals surface area contributed by atoms with E-state index in [2.05, 4.69) is 28.6 Å². The predicted molar refractivity (Wildman–Crippen MR) is 106 cm³/mol. The van der Waals surface area contributed by atoms with Crippen LogP contribution in [0.4, 0.5) is 4.39 Å². The minimum Gasteiger partial charge on any atom is -0.294 e. The molecule has 3 aromatic rings. The van der Waals surface area contributed by atoms with Crippen molar-refractivity contribution in [2.24, 2.45) is 0 Å². The Bertz CT molecular complexity index is 953. The highest BCUT2D eigenvalue weighted by Gasteiger charge is 2.29. The molecule has 5 heteroatoms. The monoisotopic (exact) mass is 384 g/mol. The van der Waals surface area contributed by atoms with E-state index < -0.39 is 0 Å². The number of halogens is 2. The highest BCUT2D eigenvalue weighted by Crippen LogP contribution is 2.42. The van der Waals surface area contributed by atoms with Gasteiger partial charge in [-0.25, -0.2) is 4.39 Å². The molecule has 26 heavy (non-hydrogen) atoms. The van der Waals surface area contributed by atoms with E-state index >= 15 is 0 Å². The highest BCUT2D eigenvalue weighted by molar-refractivity contribution is 7.16. The van der Waals surface area contributed by atoms with Crippen LogP contribution >= 0.6 is 22.9 Å². The first-order chi connectivity index (χ1) is 12.7. The Balaban J connectivity index is 1.83. The lowest BCUT2D eigenvalue weighted by Crippen LogP contribution is -2.33. The minimum absolute atomic E-state index is 0.182. The first-order valence-corrected chi connectivity index (χ1v) is 9.66. The van der Waals surface area contributed by atoms with Gasteiger partial charge in [0.15, 0.2) is 0 Å². The van der Waals surface area contributed by atoms with Gasteiger partial charge in [0, 0.05) is 42.2 Å². The number of fused-ring (bicyclic) bond motifs is 1. The molecule has 4 rings (SSSR count). The van der Waals surface area contributed by atoms with Crippen LogP contribution in [0, 0.1) is 5.82 Å². The van der Waals surface area contributed by atoms with Crippen LogP contribution in [0.15, 0.2) is 61.4 Å². The average molecular weight is 385 g/mol. The van der Waals surface area contributed by atoms with Crippen LogP contribution < -0.4 is 0 Å². The SMILES string of the molecule is C=CCN1Cc2sc(Cl)cc2C(c2ccccc2-c2cncc(F)c2)C1. The van der Waals surface area contributed by atoms with Gasteiger partial charge >= 0.3 is 0 Å². The molecule has 0 spiro atoms. The molecule has 0 N–H and O–H groups in total. The van der Waals surface area contributed by atoms with E-state index in [-0.39, 0.29) is 11.7 Å². The summed E-state index contributed by atoms with van der Waals surface area (Å²) in [6.07, 6.45) is 4.88. The van der Waals surface area contributed by atoms with Gasteiger partial charge in [0.05, 0.1) is 10.5 Å².